The molecule has 3 heterocycles. The molecule has 0 radical (unpaired) electrons. The van der Waals surface area contributed by atoms with Crippen molar-refractivity contribution >= 4 is 34.7 Å². The minimum absolute atomic E-state index is 0.0730. The van der Waals surface area contributed by atoms with Crippen molar-refractivity contribution in [2.75, 3.05) is 7.11 Å². The summed E-state index contributed by atoms with van der Waals surface area (Å²) in [6.07, 6.45) is 1.50. The minimum atomic E-state index is -0.661. The quantitative estimate of drug-likeness (QED) is 0.256. The van der Waals surface area contributed by atoms with Crippen molar-refractivity contribution in [2.24, 2.45) is 0 Å². The summed E-state index contributed by atoms with van der Waals surface area (Å²) in [7, 11) is 1.30. The van der Waals surface area contributed by atoms with Gasteiger partial charge in [0.15, 0.2) is 5.76 Å². The molecule has 182 valence electrons. The third kappa shape index (κ3) is 3.79. The molecule has 37 heavy (non-hydrogen) atoms. The van der Waals surface area contributed by atoms with Crippen LogP contribution in [0.5, 0.6) is 11.5 Å². The first kappa shape index (κ1) is 22.5. The highest BCUT2D eigenvalue weighted by atomic mass is 16.5. The van der Waals surface area contributed by atoms with Gasteiger partial charge in [-0.15, -0.1) is 0 Å². The van der Waals surface area contributed by atoms with E-state index in [9.17, 15) is 19.2 Å². The molecule has 0 spiro atoms. The van der Waals surface area contributed by atoms with Gasteiger partial charge >= 0.3 is 11.9 Å². The molecule has 1 aromatic heterocycles. The molecular weight excluding hydrogens is 474 g/mol. The van der Waals surface area contributed by atoms with E-state index in [2.05, 4.69) is 4.98 Å². The van der Waals surface area contributed by atoms with Gasteiger partial charge in [0, 0.05) is 22.6 Å². The van der Waals surface area contributed by atoms with E-state index in [1.54, 1.807) is 54.6 Å². The Hall–Kier alpha value is -4.98. The van der Waals surface area contributed by atoms with Gasteiger partial charge in [-0.25, -0.2) is 4.79 Å². The lowest BCUT2D eigenvalue weighted by Crippen LogP contribution is -2.26. The maximum Gasteiger partial charge on any atom is 0.337 e. The van der Waals surface area contributed by atoms with Gasteiger partial charge in [0.05, 0.1) is 24.7 Å². The number of Topliss-reactive ketones (excluding diaryl/α,β-unsaturated/α-hetero) is 1. The van der Waals surface area contributed by atoms with Gasteiger partial charge in [-0.3, -0.25) is 14.4 Å². The van der Waals surface area contributed by atoms with E-state index in [4.69, 9.17) is 14.2 Å². The summed E-state index contributed by atoms with van der Waals surface area (Å²) in [5.74, 6) is -1.33. The summed E-state index contributed by atoms with van der Waals surface area (Å²) >= 11 is 0. The van der Waals surface area contributed by atoms with E-state index < -0.39 is 17.9 Å². The molecule has 0 bridgehead atoms. The monoisotopic (exact) mass is 493 g/mol. The zero-order valence-corrected chi connectivity index (χ0v) is 19.6. The minimum Gasteiger partial charge on any atom is -0.465 e. The summed E-state index contributed by atoms with van der Waals surface area (Å²) < 4.78 is 16.2. The number of benzene rings is 3. The largest absolute Gasteiger partial charge is 0.465 e. The molecule has 1 N–H and O–H groups in total. The lowest BCUT2D eigenvalue weighted by atomic mass is 9.85. The second-order valence-electron chi connectivity index (χ2n) is 8.78. The van der Waals surface area contributed by atoms with Gasteiger partial charge in [-0.05, 0) is 53.4 Å². The van der Waals surface area contributed by atoms with Crippen molar-refractivity contribution in [3.05, 3.63) is 111 Å². The lowest BCUT2D eigenvalue weighted by Gasteiger charge is -2.26. The van der Waals surface area contributed by atoms with Gasteiger partial charge in [0.25, 0.3) is 5.56 Å². The van der Waals surface area contributed by atoms with E-state index in [0.717, 1.165) is 5.39 Å². The fourth-order valence-corrected chi connectivity index (χ4v) is 4.78. The fraction of sp³-hybridized carbons (Fsp3) is 0.103. The summed E-state index contributed by atoms with van der Waals surface area (Å²) in [6, 6.07) is 18.8. The molecular formula is C29H19NO7. The van der Waals surface area contributed by atoms with Crippen molar-refractivity contribution in [1.82, 2.24) is 4.98 Å². The van der Waals surface area contributed by atoms with Crippen LogP contribution in [0.2, 0.25) is 0 Å². The van der Waals surface area contributed by atoms with Gasteiger partial charge in [0.2, 0.25) is 5.78 Å². The molecule has 4 aromatic rings. The first-order valence-electron chi connectivity index (χ1n) is 11.5. The second-order valence-corrected chi connectivity index (χ2v) is 8.78. The van der Waals surface area contributed by atoms with Crippen LogP contribution in [0.25, 0.3) is 17.0 Å². The predicted molar refractivity (Wildman–Crippen MR) is 134 cm³/mol. The number of ketones is 1. The van der Waals surface area contributed by atoms with Crippen molar-refractivity contribution < 1.29 is 28.6 Å². The average Bonchev–Trinajstić information content (AvgIpc) is 3.22. The van der Waals surface area contributed by atoms with E-state index in [1.807, 2.05) is 18.2 Å². The number of aromatic amines is 1. The first-order valence-corrected chi connectivity index (χ1v) is 11.5. The summed E-state index contributed by atoms with van der Waals surface area (Å²) in [5.41, 5.74) is 2.57. The molecule has 0 amide bonds. The molecule has 0 fully saturated rings. The van der Waals surface area contributed by atoms with Crippen molar-refractivity contribution in [2.45, 2.75) is 12.3 Å². The third-order valence-electron chi connectivity index (χ3n) is 6.57. The Labute approximate surface area is 210 Å². The molecule has 0 saturated heterocycles. The number of rotatable bonds is 3. The fourth-order valence-electron chi connectivity index (χ4n) is 4.78. The van der Waals surface area contributed by atoms with E-state index in [1.165, 1.54) is 7.11 Å². The van der Waals surface area contributed by atoms with Crippen LogP contribution >= 0.6 is 0 Å². The molecule has 2 aliphatic heterocycles. The Morgan fingerprint density at radius 1 is 1.00 bits per heavy atom. The topological polar surface area (TPSA) is 112 Å². The number of hydrogen-bond donors (Lipinski definition) is 1. The van der Waals surface area contributed by atoms with Gasteiger partial charge in [-0.2, -0.15) is 0 Å². The first-order chi connectivity index (χ1) is 17.9. The zero-order chi connectivity index (χ0) is 25.7. The summed E-state index contributed by atoms with van der Waals surface area (Å²) in [5, 5.41) is 0.818. The Balaban J connectivity index is 1.43. The van der Waals surface area contributed by atoms with E-state index in [0.29, 0.717) is 33.3 Å². The lowest BCUT2D eigenvalue weighted by molar-refractivity contribution is -0.135. The Morgan fingerprint density at radius 2 is 1.78 bits per heavy atom. The maximum absolute atomic E-state index is 13.2. The van der Waals surface area contributed by atoms with Crippen LogP contribution in [0.3, 0.4) is 0 Å². The van der Waals surface area contributed by atoms with Crippen molar-refractivity contribution in [3.63, 3.8) is 0 Å². The number of para-hydroxylation sites is 1. The van der Waals surface area contributed by atoms with Gasteiger partial charge in [0.1, 0.15) is 11.5 Å². The number of methoxy groups -OCH3 is 1. The number of allylic oxidation sites excluding steroid dienone is 1. The Bertz CT molecular complexity index is 1710. The number of carbonyl (C=O) groups is 3. The highest BCUT2D eigenvalue weighted by molar-refractivity contribution is 6.15. The number of nitrogens with one attached hydrogen (secondary N) is 1. The van der Waals surface area contributed by atoms with Crippen molar-refractivity contribution in [1.29, 1.82) is 0 Å². The molecule has 6 rings (SSSR count). The molecule has 8 heteroatoms. The van der Waals surface area contributed by atoms with E-state index >= 15 is 0 Å². The van der Waals surface area contributed by atoms with Gasteiger partial charge < -0.3 is 19.2 Å². The van der Waals surface area contributed by atoms with Crippen molar-refractivity contribution in [3.8, 4) is 11.5 Å². The highest BCUT2D eigenvalue weighted by Crippen LogP contribution is 2.48. The van der Waals surface area contributed by atoms with Crippen LogP contribution in [-0.4, -0.2) is 29.8 Å². The normalized spacial score (nSPS) is 17.2. The van der Waals surface area contributed by atoms with E-state index in [-0.39, 0.29) is 35.0 Å². The number of carbonyl (C=O) groups excluding carboxylic acids is 3. The SMILES string of the molecule is COC(=O)c1ccc(/C=C2\Oc3c(ccc4c3[C@H](c3cc5ccccc5[nH]c3=O)CC(=O)O4)C2=O)cc1. The smallest absolute Gasteiger partial charge is 0.337 e. The number of hydrogen-bond acceptors (Lipinski definition) is 7. The number of aromatic nitrogens is 1. The highest BCUT2D eigenvalue weighted by Gasteiger charge is 2.39. The number of fused-ring (bicyclic) bond motifs is 4. The summed E-state index contributed by atoms with van der Waals surface area (Å²) in [6.45, 7) is 0. The van der Waals surface area contributed by atoms with Crippen LogP contribution < -0.4 is 15.0 Å². The Kier molecular flexibility index (Phi) is 5.22. The zero-order valence-electron chi connectivity index (χ0n) is 19.6. The van der Waals surface area contributed by atoms with Crippen LogP contribution in [0.1, 0.15) is 49.7 Å². The molecule has 0 saturated carbocycles. The van der Waals surface area contributed by atoms with Crippen LogP contribution in [0.15, 0.2) is 77.3 Å². The average molecular weight is 493 g/mol. The van der Waals surface area contributed by atoms with Crippen LogP contribution in [0, 0.1) is 0 Å². The second kappa shape index (κ2) is 8.60. The van der Waals surface area contributed by atoms with Gasteiger partial charge in [-0.1, -0.05) is 30.3 Å². The third-order valence-corrected chi connectivity index (χ3v) is 6.57. The number of H-pyrrole nitrogens is 1. The predicted octanol–water partition coefficient (Wildman–Crippen LogP) is 4.37. The standard InChI is InChI=1S/C29H19NO7/c1-35-29(34)16-8-6-15(7-9-16)12-23-26(32)18-10-11-22-25(27(18)37-23)19(14-24(31)36-22)20-13-17-4-2-3-5-21(17)30-28(20)33/h2-13,19H,14H2,1H3,(H,30,33)/b23-12-/t19-/m0/s1. The molecule has 3 aromatic carbocycles. The molecule has 0 aliphatic carbocycles. The maximum atomic E-state index is 13.2. The van der Waals surface area contributed by atoms with Crippen LogP contribution in [0.4, 0.5) is 0 Å². The molecule has 2 aliphatic rings. The summed E-state index contributed by atoms with van der Waals surface area (Å²) in [4.78, 5) is 53.3. The van der Waals surface area contributed by atoms with Crippen LogP contribution in [-0.2, 0) is 9.53 Å². The Morgan fingerprint density at radius 3 is 2.57 bits per heavy atom. The molecule has 1 atom stereocenters. The molecule has 0 unspecified atom stereocenters. The molecule has 8 nitrogen and oxygen atoms in total. The number of esters is 2. The number of ether oxygens (including phenoxy) is 3. The number of pyridine rings is 1.